The van der Waals surface area contributed by atoms with Crippen LogP contribution in [0.25, 0.3) is 0 Å². The number of carboxylic acid groups (broad SMARTS) is 1. The molecule has 0 radical (unpaired) electrons. The summed E-state index contributed by atoms with van der Waals surface area (Å²) in [4.78, 5) is 11.5. The molecule has 5 heteroatoms. The van der Waals surface area contributed by atoms with Crippen LogP contribution < -0.4 is 0 Å². The van der Waals surface area contributed by atoms with Crippen molar-refractivity contribution in [1.29, 1.82) is 0 Å². The fourth-order valence-electron chi connectivity index (χ4n) is 1.35. The summed E-state index contributed by atoms with van der Waals surface area (Å²) in [6.45, 7) is 0. The quantitative estimate of drug-likeness (QED) is 0.847. The first-order chi connectivity index (χ1) is 8.16. The fourth-order valence-corrected chi connectivity index (χ4v) is 2.28. The third-order valence-corrected chi connectivity index (χ3v) is 3.17. The first-order valence-corrected chi connectivity index (χ1v) is 5.83. The van der Waals surface area contributed by atoms with Crippen LogP contribution in [-0.2, 0) is 5.75 Å². The van der Waals surface area contributed by atoms with Gasteiger partial charge in [-0.2, -0.15) is 0 Å². The number of furan rings is 1. The Bertz CT molecular complexity index is 536. The van der Waals surface area contributed by atoms with Crippen LogP contribution in [0, 0.1) is 5.82 Å². The van der Waals surface area contributed by atoms with Gasteiger partial charge >= 0.3 is 5.97 Å². The second kappa shape index (κ2) is 5.05. The van der Waals surface area contributed by atoms with Gasteiger partial charge in [-0.25, -0.2) is 9.18 Å². The average Bonchev–Trinajstić information content (AvgIpc) is 2.74. The smallest absolute Gasteiger partial charge is 0.372 e. The maximum atomic E-state index is 12.9. The van der Waals surface area contributed by atoms with E-state index in [0.717, 1.165) is 4.90 Å². The van der Waals surface area contributed by atoms with Gasteiger partial charge in [-0.15, -0.1) is 11.8 Å². The molecular weight excluding hydrogens is 243 g/mol. The molecule has 0 saturated carbocycles. The Morgan fingerprint density at radius 3 is 2.94 bits per heavy atom. The normalized spacial score (nSPS) is 10.4. The molecule has 0 aliphatic heterocycles. The van der Waals surface area contributed by atoms with Crippen molar-refractivity contribution in [3.05, 3.63) is 53.7 Å². The molecule has 1 aromatic heterocycles. The van der Waals surface area contributed by atoms with Gasteiger partial charge in [0.25, 0.3) is 0 Å². The summed E-state index contributed by atoms with van der Waals surface area (Å²) >= 11 is 1.36. The van der Waals surface area contributed by atoms with Crippen molar-refractivity contribution in [2.45, 2.75) is 10.6 Å². The van der Waals surface area contributed by atoms with E-state index < -0.39 is 5.97 Å². The van der Waals surface area contributed by atoms with Gasteiger partial charge in [0.1, 0.15) is 5.82 Å². The monoisotopic (exact) mass is 252 g/mol. The molecule has 0 aliphatic rings. The Kier molecular flexibility index (Phi) is 3.49. The summed E-state index contributed by atoms with van der Waals surface area (Å²) in [6, 6.07) is 7.77. The lowest BCUT2D eigenvalue weighted by Crippen LogP contribution is -1.97. The highest BCUT2D eigenvalue weighted by molar-refractivity contribution is 7.98. The zero-order valence-corrected chi connectivity index (χ0v) is 9.54. The lowest BCUT2D eigenvalue weighted by Gasteiger charge is -2.00. The Morgan fingerprint density at radius 2 is 2.24 bits per heavy atom. The highest BCUT2D eigenvalue weighted by Gasteiger charge is 2.13. The van der Waals surface area contributed by atoms with E-state index in [0.29, 0.717) is 11.3 Å². The minimum absolute atomic E-state index is 0.0612. The van der Waals surface area contributed by atoms with Gasteiger partial charge in [-0.05, 0) is 24.3 Å². The number of carbonyl (C=O) groups is 1. The van der Waals surface area contributed by atoms with E-state index in [9.17, 15) is 9.18 Å². The molecule has 2 aromatic rings. The zero-order chi connectivity index (χ0) is 12.3. The number of carboxylic acids is 1. The number of halogens is 1. The number of hydrogen-bond donors (Lipinski definition) is 1. The van der Waals surface area contributed by atoms with Crippen LogP contribution in [0.15, 0.2) is 45.9 Å². The third kappa shape index (κ3) is 2.88. The number of thioether (sulfide) groups is 1. The fraction of sp³-hybridized carbons (Fsp3) is 0.0833. The molecule has 3 nitrogen and oxygen atoms in total. The second-order valence-electron chi connectivity index (χ2n) is 3.33. The van der Waals surface area contributed by atoms with Gasteiger partial charge in [-0.1, -0.05) is 6.07 Å². The maximum absolute atomic E-state index is 12.9. The number of rotatable bonds is 4. The van der Waals surface area contributed by atoms with Crippen molar-refractivity contribution in [3.63, 3.8) is 0 Å². The van der Waals surface area contributed by atoms with Crippen molar-refractivity contribution in [3.8, 4) is 0 Å². The Hall–Kier alpha value is -1.75. The van der Waals surface area contributed by atoms with E-state index in [4.69, 9.17) is 9.52 Å². The summed E-state index contributed by atoms with van der Waals surface area (Å²) < 4.78 is 17.8. The number of benzene rings is 1. The standard InChI is InChI=1S/C12H9FO3S/c13-9-2-1-3-10(6-9)17-7-8-4-5-16-11(8)12(14)15/h1-6H,7H2,(H,14,15). The molecule has 0 aliphatic carbocycles. The van der Waals surface area contributed by atoms with Gasteiger partial charge in [0, 0.05) is 16.2 Å². The van der Waals surface area contributed by atoms with E-state index >= 15 is 0 Å². The van der Waals surface area contributed by atoms with Crippen molar-refractivity contribution < 1.29 is 18.7 Å². The predicted molar refractivity (Wildman–Crippen MR) is 61.6 cm³/mol. The molecule has 0 atom stereocenters. The molecule has 1 aromatic carbocycles. The van der Waals surface area contributed by atoms with E-state index in [1.165, 1.54) is 30.2 Å². The molecule has 2 rings (SSSR count). The summed E-state index contributed by atoms with van der Waals surface area (Å²) in [5, 5.41) is 8.83. The largest absolute Gasteiger partial charge is 0.475 e. The van der Waals surface area contributed by atoms with E-state index in [1.807, 2.05) is 0 Å². The number of hydrogen-bond acceptors (Lipinski definition) is 3. The Morgan fingerprint density at radius 1 is 1.41 bits per heavy atom. The SMILES string of the molecule is O=C(O)c1occc1CSc1cccc(F)c1. The van der Waals surface area contributed by atoms with Crippen LogP contribution in [0.1, 0.15) is 16.1 Å². The molecule has 1 heterocycles. The zero-order valence-electron chi connectivity index (χ0n) is 8.72. The summed E-state index contributed by atoms with van der Waals surface area (Å²) in [5.74, 6) is -1.03. The van der Waals surface area contributed by atoms with Crippen LogP contribution >= 0.6 is 11.8 Å². The summed E-state index contributed by atoms with van der Waals surface area (Å²) in [7, 11) is 0. The molecule has 0 unspecified atom stereocenters. The first kappa shape index (κ1) is 11.7. The lowest BCUT2D eigenvalue weighted by atomic mass is 10.3. The molecule has 0 bridgehead atoms. The van der Waals surface area contributed by atoms with Crippen LogP contribution in [0.5, 0.6) is 0 Å². The van der Waals surface area contributed by atoms with Crippen molar-refractivity contribution in [2.75, 3.05) is 0 Å². The highest BCUT2D eigenvalue weighted by Crippen LogP contribution is 2.25. The molecule has 1 N–H and O–H groups in total. The van der Waals surface area contributed by atoms with Crippen LogP contribution in [-0.4, -0.2) is 11.1 Å². The second-order valence-corrected chi connectivity index (χ2v) is 4.37. The molecule has 88 valence electrons. The van der Waals surface area contributed by atoms with Gasteiger partial charge in [0.2, 0.25) is 5.76 Å². The molecular formula is C12H9FO3S. The topological polar surface area (TPSA) is 50.4 Å². The van der Waals surface area contributed by atoms with Crippen molar-refractivity contribution in [1.82, 2.24) is 0 Å². The molecule has 17 heavy (non-hydrogen) atoms. The Balaban J connectivity index is 2.07. The van der Waals surface area contributed by atoms with E-state index in [-0.39, 0.29) is 11.6 Å². The predicted octanol–water partition coefficient (Wildman–Crippen LogP) is 3.41. The summed E-state index contributed by atoms with van der Waals surface area (Å²) in [6.07, 6.45) is 1.34. The van der Waals surface area contributed by atoms with Crippen LogP contribution in [0.3, 0.4) is 0 Å². The van der Waals surface area contributed by atoms with E-state index in [2.05, 4.69) is 0 Å². The van der Waals surface area contributed by atoms with Crippen molar-refractivity contribution >= 4 is 17.7 Å². The Labute approximate surface area is 101 Å². The highest BCUT2D eigenvalue weighted by atomic mass is 32.2. The molecule has 0 amide bonds. The molecule has 0 spiro atoms. The average molecular weight is 252 g/mol. The van der Waals surface area contributed by atoms with Crippen LogP contribution in [0.2, 0.25) is 0 Å². The third-order valence-electron chi connectivity index (χ3n) is 2.13. The first-order valence-electron chi connectivity index (χ1n) is 4.85. The minimum atomic E-state index is -1.09. The number of aromatic carboxylic acids is 1. The maximum Gasteiger partial charge on any atom is 0.372 e. The summed E-state index contributed by atoms with van der Waals surface area (Å²) in [5.41, 5.74) is 0.590. The van der Waals surface area contributed by atoms with Gasteiger partial charge < -0.3 is 9.52 Å². The minimum Gasteiger partial charge on any atom is -0.475 e. The van der Waals surface area contributed by atoms with Crippen LogP contribution in [0.4, 0.5) is 4.39 Å². The van der Waals surface area contributed by atoms with Gasteiger partial charge in [-0.3, -0.25) is 0 Å². The van der Waals surface area contributed by atoms with E-state index in [1.54, 1.807) is 18.2 Å². The van der Waals surface area contributed by atoms with Gasteiger partial charge in [0.15, 0.2) is 0 Å². The molecule has 0 fully saturated rings. The molecule has 0 saturated heterocycles. The van der Waals surface area contributed by atoms with Crippen molar-refractivity contribution in [2.24, 2.45) is 0 Å². The lowest BCUT2D eigenvalue weighted by molar-refractivity contribution is 0.0661. The van der Waals surface area contributed by atoms with Gasteiger partial charge in [0.05, 0.1) is 6.26 Å².